The average molecular weight is 857 g/mol. The van der Waals surface area contributed by atoms with Crippen molar-refractivity contribution in [3.8, 4) is 28.0 Å². The molecule has 4 heterocycles. The van der Waals surface area contributed by atoms with Crippen LogP contribution in [0.3, 0.4) is 0 Å². The van der Waals surface area contributed by atoms with E-state index in [4.69, 9.17) is 24.2 Å². The molecule has 2 aromatic carbocycles. The normalized spacial score (nSPS) is 24.5. The van der Waals surface area contributed by atoms with Gasteiger partial charge in [-0.25, -0.2) is 23.2 Å². The highest BCUT2D eigenvalue weighted by atomic mass is 32.2. The number of carbonyl (C=O) groups is 3. The maximum Gasteiger partial charge on any atom is 0.321 e. The first-order valence-electron chi connectivity index (χ1n) is 20.6. The Hall–Kier alpha value is -5.22. The Balaban J connectivity index is 1.14. The van der Waals surface area contributed by atoms with Gasteiger partial charge in [0.05, 0.1) is 36.7 Å². The maximum absolute atomic E-state index is 14.8. The van der Waals surface area contributed by atoms with E-state index in [1.165, 1.54) is 11.3 Å². The van der Waals surface area contributed by atoms with Crippen molar-refractivity contribution in [2.45, 2.75) is 101 Å². The number of methoxy groups -OCH3 is 2. The van der Waals surface area contributed by atoms with Gasteiger partial charge in [0.25, 0.3) is 5.91 Å². The molecule has 2 saturated carbocycles. The maximum atomic E-state index is 14.8. The largest absolute Gasteiger partial charge is 0.497 e. The Bertz CT molecular complexity index is 2430. The SMILES string of the molecule is COc1ccc(CN2CCCC/C=C\[C@H]3C[C@@]3(C(=O)NS(=O)(=O)C3(C)CC3)NC(=O)[C@@H]3C[C@@H](Oc4cc(-c5nc(C(C)C)cs5)nc5cc(OC)ccc45)CN3C2=O)cc1. The number of pyridine rings is 1. The molecule has 0 unspecified atom stereocenters. The lowest BCUT2D eigenvalue weighted by Gasteiger charge is -2.32. The third-order valence-electron chi connectivity index (χ3n) is 12.2. The van der Waals surface area contributed by atoms with Crippen LogP contribution in [0.2, 0.25) is 0 Å². The van der Waals surface area contributed by atoms with Gasteiger partial charge in [-0.05, 0) is 81.2 Å². The van der Waals surface area contributed by atoms with Crippen LogP contribution in [0.25, 0.3) is 21.6 Å². The number of hydrogen-bond acceptors (Lipinski definition) is 11. The highest BCUT2D eigenvalue weighted by molar-refractivity contribution is 7.91. The van der Waals surface area contributed by atoms with E-state index in [2.05, 4.69) is 23.9 Å². The molecule has 0 spiro atoms. The van der Waals surface area contributed by atoms with Crippen molar-refractivity contribution in [1.29, 1.82) is 0 Å². The first-order chi connectivity index (χ1) is 28.7. The van der Waals surface area contributed by atoms with E-state index in [0.29, 0.717) is 67.2 Å². The molecule has 2 N–H and O–H groups in total. The fraction of sp³-hybridized carbons (Fsp3) is 0.477. The summed E-state index contributed by atoms with van der Waals surface area (Å²) in [6.45, 7) is 6.61. The van der Waals surface area contributed by atoms with Crippen LogP contribution in [0.5, 0.6) is 17.2 Å². The summed E-state index contributed by atoms with van der Waals surface area (Å²) >= 11 is 1.50. The van der Waals surface area contributed by atoms with Crippen molar-refractivity contribution in [3.05, 3.63) is 77.3 Å². The number of fused-ring (bicyclic) bond motifs is 3. The number of rotatable bonds is 11. The topological polar surface area (TPSA) is 169 Å². The summed E-state index contributed by atoms with van der Waals surface area (Å²) in [7, 11) is -0.783. The predicted octanol–water partition coefficient (Wildman–Crippen LogP) is 6.56. The number of nitrogens with zero attached hydrogens (tertiary/aromatic N) is 4. The Morgan fingerprint density at radius 2 is 1.78 bits per heavy atom. The number of allylic oxidation sites excluding steroid dienone is 1. The van der Waals surface area contributed by atoms with Crippen molar-refractivity contribution in [1.82, 2.24) is 29.8 Å². The van der Waals surface area contributed by atoms with Crippen LogP contribution in [0.4, 0.5) is 4.79 Å². The van der Waals surface area contributed by atoms with Gasteiger partial charge >= 0.3 is 6.03 Å². The molecular weight excluding hydrogens is 805 g/mol. The summed E-state index contributed by atoms with van der Waals surface area (Å²) in [6.07, 6.45) is 6.69. The number of sulfonamides is 1. The first-order valence-corrected chi connectivity index (χ1v) is 22.9. The Morgan fingerprint density at radius 3 is 2.48 bits per heavy atom. The lowest BCUT2D eigenvalue weighted by atomic mass is 10.1. The molecule has 16 heteroatoms. The van der Waals surface area contributed by atoms with Crippen LogP contribution in [-0.2, 0) is 26.2 Å². The quantitative estimate of drug-likeness (QED) is 0.158. The summed E-state index contributed by atoms with van der Waals surface area (Å²) in [5.41, 5.74) is 1.63. The van der Waals surface area contributed by atoms with Gasteiger partial charge in [0.2, 0.25) is 15.9 Å². The lowest BCUT2D eigenvalue weighted by molar-refractivity contribution is -0.131. The van der Waals surface area contributed by atoms with E-state index < -0.39 is 50.2 Å². The Morgan fingerprint density at radius 1 is 1.03 bits per heavy atom. The zero-order valence-corrected chi connectivity index (χ0v) is 36.2. The van der Waals surface area contributed by atoms with E-state index >= 15 is 0 Å². The molecule has 318 valence electrons. The minimum absolute atomic E-state index is 0.0787. The number of thiazole rings is 1. The van der Waals surface area contributed by atoms with Crippen LogP contribution >= 0.6 is 11.3 Å². The highest BCUT2D eigenvalue weighted by Gasteiger charge is 2.63. The van der Waals surface area contributed by atoms with Gasteiger partial charge in [-0.2, -0.15) is 0 Å². The summed E-state index contributed by atoms with van der Waals surface area (Å²) in [6, 6.07) is 13.6. The minimum Gasteiger partial charge on any atom is -0.497 e. The molecule has 60 heavy (non-hydrogen) atoms. The lowest BCUT2D eigenvalue weighted by Crippen LogP contribution is -2.58. The van der Waals surface area contributed by atoms with Crippen molar-refractivity contribution in [2.75, 3.05) is 27.3 Å². The molecule has 8 rings (SSSR count). The molecule has 4 aliphatic rings. The molecular formula is C44H52N6O8S2. The molecule has 4 atom stereocenters. The van der Waals surface area contributed by atoms with Gasteiger partial charge in [0.15, 0.2) is 0 Å². The second-order valence-electron chi connectivity index (χ2n) is 16.9. The van der Waals surface area contributed by atoms with E-state index in [-0.39, 0.29) is 31.3 Å². The molecule has 2 aliphatic carbocycles. The zero-order chi connectivity index (χ0) is 42.4. The molecule has 4 amide bonds. The number of hydrogen-bond donors (Lipinski definition) is 2. The fourth-order valence-electron chi connectivity index (χ4n) is 7.97. The third-order valence-corrected chi connectivity index (χ3v) is 15.3. The molecule has 3 fully saturated rings. The highest BCUT2D eigenvalue weighted by Crippen LogP contribution is 2.48. The minimum atomic E-state index is -3.98. The number of nitrogens with one attached hydrogen (secondary N) is 2. The van der Waals surface area contributed by atoms with Gasteiger partial charge < -0.3 is 29.3 Å². The van der Waals surface area contributed by atoms with Gasteiger partial charge in [-0.3, -0.25) is 14.3 Å². The second kappa shape index (κ2) is 16.3. The number of benzene rings is 2. The van der Waals surface area contributed by atoms with Crippen LogP contribution in [0, 0.1) is 5.92 Å². The molecule has 0 bridgehead atoms. The number of aromatic nitrogens is 2. The number of ether oxygens (including phenoxy) is 3. The molecule has 2 aliphatic heterocycles. The summed E-state index contributed by atoms with van der Waals surface area (Å²) in [4.78, 5) is 56.6. The summed E-state index contributed by atoms with van der Waals surface area (Å²) < 4.78 is 45.5. The van der Waals surface area contributed by atoms with Gasteiger partial charge in [0.1, 0.15) is 45.6 Å². The standard InChI is InChI=1S/C44H52N6O8S2/c1-27(2)36-26-59-40(46-36)35-22-38(33-16-15-31(57-5)20-34(33)45-35)58-32-21-37-39(51)47-44(41(52)48-60(54,55)43(3)17-18-43)23-29(44)10-8-6-7-9-19-49(42(53)50(37)25-32)24-28-11-13-30(56-4)14-12-28/h8,10-16,20,22,26-27,29,32,37H,6-7,9,17-19,21,23-25H2,1-5H3,(H,47,51)(H,48,52)/b10-8-/t29-,32+,37-,44+/m0/s1. The van der Waals surface area contributed by atoms with E-state index in [9.17, 15) is 22.8 Å². The monoisotopic (exact) mass is 856 g/mol. The molecule has 4 aromatic rings. The second-order valence-corrected chi connectivity index (χ2v) is 20.0. The van der Waals surface area contributed by atoms with Crippen LogP contribution < -0.4 is 24.2 Å². The van der Waals surface area contributed by atoms with Gasteiger partial charge in [-0.15, -0.1) is 11.3 Å². The Labute approximate surface area is 354 Å². The van der Waals surface area contributed by atoms with Gasteiger partial charge in [0, 0.05) is 48.3 Å². The van der Waals surface area contributed by atoms with Crippen molar-refractivity contribution < 1.29 is 37.0 Å². The van der Waals surface area contributed by atoms with E-state index in [0.717, 1.165) is 28.1 Å². The predicted molar refractivity (Wildman–Crippen MR) is 228 cm³/mol. The smallest absolute Gasteiger partial charge is 0.321 e. The zero-order valence-electron chi connectivity index (χ0n) is 34.6. The number of carbonyl (C=O) groups excluding carboxylic acids is 3. The molecule has 1 saturated heterocycles. The summed E-state index contributed by atoms with van der Waals surface area (Å²) in [5.74, 6) is 0.357. The van der Waals surface area contributed by atoms with Crippen molar-refractivity contribution in [2.24, 2.45) is 5.92 Å². The summed E-state index contributed by atoms with van der Waals surface area (Å²) in [5, 5.41) is 6.45. The number of amides is 4. The van der Waals surface area contributed by atoms with Gasteiger partial charge in [-0.1, -0.05) is 38.1 Å². The van der Waals surface area contributed by atoms with Crippen molar-refractivity contribution >= 4 is 50.1 Å². The Kier molecular flexibility index (Phi) is 11.3. The molecule has 0 radical (unpaired) electrons. The molecule has 14 nitrogen and oxygen atoms in total. The molecule has 2 aromatic heterocycles. The average Bonchev–Trinajstić information content (AvgIpc) is 4.00. The fourth-order valence-corrected chi connectivity index (χ4v) is 10.2. The first kappa shape index (κ1) is 41.5. The van der Waals surface area contributed by atoms with E-state index in [1.807, 2.05) is 66.1 Å². The van der Waals surface area contributed by atoms with Crippen LogP contribution in [-0.4, -0.2) is 95.8 Å². The van der Waals surface area contributed by atoms with Crippen molar-refractivity contribution in [3.63, 3.8) is 0 Å². The number of urea groups is 1. The third kappa shape index (κ3) is 8.27. The van der Waals surface area contributed by atoms with Crippen LogP contribution in [0.15, 0.2) is 66.1 Å². The van der Waals surface area contributed by atoms with Crippen LogP contribution in [0.1, 0.15) is 82.9 Å². The van der Waals surface area contributed by atoms with E-state index in [1.54, 1.807) is 30.9 Å².